The number of nitrogens with zero attached hydrogens (tertiary/aromatic N) is 2. The van der Waals surface area contributed by atoms with E-state index in [1.54, 1.807) is 0 Å². The Bertz CT molecular complexity index is 358. The van der Waals surface area contributed by atoms with Gasteiger partial charge < -0.3 is 10.1 Å². The molecule has 0 aliphatic rings. The van der Waals surface area contributed by atoms with Crippen LogP contribution in [0.4, 0.5) is 0 Å². The van der Waals surface area contributed by atoms with E-state index in [2.05, 4.69) is 31.2 Å². The summed E-state index contributed by atoms with van der Waals surface area (Å²) in [5, 5.41) is 7.75. The first-order valence-electron chi connectivity index (χ1n) is 6.28. The van der Waals surface area contributed by atoms with E-state index in [9.17, 15) is 0 Å². The summed E-state index contributed by atoms with van der Waals surface area (Å²) in [4.78, 5) is 0. The fraction of sp³-hybridized carbons (Fsp3) is 0.769. The number of hydrogen-bond acceptors (Lipinski definition) is 3. The normalized spacial score (nSPS) is 13.1. The maximum atomic E-state index is 5.86. The van der Waals surface area contributed by atoms with Crippen molar-refractivity contribution in [1.29, 1.82) is 0 Å². The van der Waals surface area contributed by atoms with Crippen molar-refractivity contribution in [3.05, 3.63) is 11.4 Å². The van der Waals surface area contributed by atoms with Crippen LogP contribution in [-0.4, -0.2) is 29.0 Å². The van der Waals surface area contributed by atoms with Gasteiger partial charge in [0.1, 0.15) is 5.69 Å². The molecule has 1 atom stereocenters. The third-order valence-electron chi connectivity index (χ3n) is 2.83. The highest BCUT2D eigenvalue weighted by atomic mass is 16.5. The van der Waals surface area contributed by atoms with E-state index in [-0.39, 0.29) is 0 Å². The Morgan fingerprint density at radius 2 is 1.94 bits per heavy atom. The average molecular weight is 239 g/mol. The first kappa shape index (κ1) is 14.0. The standard InChI is InChI=1S/C13H25N3O/c1-9(2)14-7-10(3)8-17-13-11(4)15-16(6)12(13)5/h9-10,14H,7-8H2,1-6H3. The Morgan fingerprint density at radius 3 is 2.41 bits per heavy atom. The van der Waals surface area contributed by atoms with E-state index in [1.807, 2.05) is 25.6 Å². The monoisotopic (exact) mass is 239 g/mol. The summed E-state index contributed by atoms with van der Waals surface area (Å²) < 4.78 is 7.72. The molecule has 1 heterocycles. The van der Waals surface area contributed by atoms with Crippen molar-refractivity contribution in [2.24, 2.45) is 13.0 Å². The van der Waals surface area contributed by atoms with Crippen LogP contribution < -0.4 is 10.1 Å². The molecule has 4 heteroatoms. The number of nitrogens with one attached hydrogen (secondary N) is 1. The van der Waals surface area contributed by atoms with Crippen molar-refractivity contribution in [3.8, 4) is 5.75 Å². The summed E-state index contributed by atoms with van der Waals surface area (Å²) >= 11 is 0. The molecule has 0 fully saturated rings. The van der Waals surface area contributed by atoms with E-state index in [0.29, 0.717) is 12.0 Å². The van der Waals surface area contributed by atoms with Gasteiger partial charge in [-0.05, 0) is 13.8 Å². The van der Waals surface area contributed by atoms with Crippen LogP contribution in [0.25, 0.3) is 0 Å². The van der Waals surface area contributed by atoms with Crippen LogP contribution in [-0.2, 0) is 7.05 Å². The molecule has 17 heavy (non-hydrogen) atoms. The summed E-state index contributed by atoms with van der Waals surface area (Å²) in [5.41, 5.74) is 2.06. The van der Waals surface area contributed by atoms with Gasteiger partial charge >= 0.3 is 0 Å². The Hall–Kier alpha value is -1.03. The van der Waals surface area contributed by atoms with E-state index >= 15 is 0 Å². The lowest BCUT2D eigenvalue weighted by Crippen LogP contribution is -2.30. The minimum atomic E-state index is 0.497. The molecule has 1 unspecified atom stereocenters. The quantitative estimate of drug-likeness (QED) is 0.826. The van der Waals surface area contributed by atoms with Crippen molar-refractivity contribution in [3.63, 3.8) is 0 Å². The van der Waals surface area contributed by atoms with Gasteiger partial charge in [0.05, 0.1) is 12.3 Å². The van der Waals surface area contributed by atoms with Crippen LogP contribution in [0.5, 0.6) is 5.75 Å². The first-order chi connectivity index (χ1) is 7.91. The third kappa shape index (κ3) is 4.04. The largest absolute Gasteiger partial charge is 0.489 e. The highest BCUT2D eigenvalue weighted by Gasteiger charge is 2.12. The van der Waals surface area contributed by atoms with Gasteiger partial charge in [0, 0.05) is 25.6 Å². The summed E-state index contributed by atoms with van der Waals surface area (Å²) in [5.74, 6) is 1.43. The van der Waals surface area contributed by atoms with Crippen molar-refractivity contribution in [1.82, 2.24) is 15.1 Å². The van der Waals surface area contributed by atoms with Crippen molar-refractivity contribution in [2.75, 3.05) is 13.2 Å². The first-order valence-corrected chi connectivity index (χ1v) is 6.28. The van der Waals surface area contributed by atoms with Gasteiger partial charge in [-0.2, -0.15) is 5.10 Å². The molecule has 0 aliphatic heterocycles. The number of aromatic nitrogens is 2. The van der Waals surface area contributed by atoms with Crippen LogP contribution in [0, 0.1) is 19.8 Å². The van der Waals surface area contributed by atoms with E-state index < -0.39 is 0 Å². The number of ether oxygens (including phenoxy) is 1. The Morgan fingerprint density at radius 1 is 1.29 bits per heavy atom. The molecule has 1 N–H and O–H groups in total. The third-order valence-corrected chi connectivity index (χ3v) is 2.83. The lowest BCUT2D eigenvalue weighted by Gasteiger charge is -2.15. The smallest absolute Gasteiger partial charge is 0.162 e. The topological polar surface area (TPSA) is 39.1 Å². The second-order valence-electron chi connectivity index (χ2n) is 5.10. The fourth-order valence-electron chi connectivity index (χ4n) is 1.68. The van der Waals surface area contributed by atoms with Crippen LogP contribution in [0.15, 0.2) is 0 Å². The zero-order valence-corrected chi connectivity index (χ0v) is 11.9. The molecule has 0 saturated carbocycles. The summed E-state index contributed by atoms with van der Waals surface area (Å²) in [7, 11) is 1.94. The number of rotatable bonds is 6. The molecular weight excluding hydrogens is 214 g/mol. The maximum Gasteiger partial charge on any atom is 0.162 e. The molecular formula is C13H25N3O. The second-order valence-corrected chi connectivity index (χ2v) is 5.10. The van der Waals surface area contributed by atoms with E-state index in [1.165, 1.54) is 0 Å². The van der Waals surface area contributed by atoms with Crippen LogP contribution in [0.1, 0.15) is 32.2 Å². The van der Waals surface area contributed by atoms with Gasteiger partial charge in [-0.3, -0.25) is 4.68 Å². The fourth-order valence-corrected chi connectivity index (χ4v) is 1.68. The predicted molar refractivity (Wildman–Crippen MR) is 70.5 cm³/mol. The Kier molecular flexibility index (Phi) is 5.00. The van der Waals surface area contributed by atoms with Gasteiger partial charge in [-0.1, -0.05) is 20.8 Å². The SMILES string of the molecule is Cc1nn(C)c(C)c1OCC(C)CNC(C)C. The average Bonchev–Trinajstić information content (AvgIpc) is 2.48. The number of hydrogen-bond donors (Lipinski definition) is 1. The molecule has 0 aliphatic carbocycles. The minimum Gasteiger partial charge on any atom is -0.489 e. The molecule has 0 saturated heterocycles. The zero-order valence-electron chi connectivity index (χ0n) is 11.9. The van der Waals surface area contributed by atoms with Gasteiger partial charge in [0.25, 0.3) is 0 Å². The van der Waals surface area contributed by atoms with Gasteiger partial charge in [-0.15, -0.1) is 0 Å². The molecule has 0 spiro atoms. The minimum absolute atomic E-state index is 0.497. The van der Waals surface area contributed by atoms with Crippen LogP contribution in [0.3, 0.4) is 0 Å². The molecule has 1 rings (SSSR count). The van der Waals surface area contributed by atoms with E-state index in [4.69, 9.17) is 4.74 Å². The second kappa shape index (κ2) is 6.05. The molecule has 98 valence electrons. The van der Waals surface area contributed by atoms with Crippen LogP contribution >= 0.6 is 0 Å². The van der Waals surface area contributed by atoms with Crippen molar-refractivity contribution >= 4 is 0 Å². The van der Waals surface area contributed by atoms with E-state index in [0.717, 1.165) is 30.3 Å². The lowest BCUT2D eigenvalue weighted by atomic mass is 10.2. The van der Waals surface area contributed by atoms with Crippen molar-refractivity contribution < 1.29 is 4.74 Å². The van der Waals surface area contributed by atoms with Crippen LogP contribution in [0.2, 0.25) is 0 Å². The van der Waals surface area contributed by atoms with Gasteiger partial charge in [-0.25, -0.2) is 0 Å². The highest BCUT2D eigenvalue weighted by Crippen LogP contribution is 2.21. The Labute approximate surface area is 104 Å². The summed E-state index contributed by atoms with van der Waals surface area (Å²) in [6.45, 7) is 12.2. The highest BCUT2D eigenvalue weighted by molar-refractivity contribution is 5.31. The predicted octanol–water partition coefficient (Wildman–Crippen LogP) is 2.05. The van der Waals surface area contributed by atoms with Gasteiger partial charge in [0.2, 0.25) is 0 Å². The maximum absolute atomic E-state index is 5.86. The summed E-state index contributed by atoms with van der Waals surface area (Å²) in [6.07, 6.45) is 0. The molecule has 4 nitrogen and oxygen atoms in total. The molecule has 1 aromatic rings. The molecule has 1 aromatic heterocycles. The molecule has 0 radical (unpaired) electrons. The van der Waals surface area contributed by atoms with Crippen molar-refractivity contribution in [2.45, 2.75) is 40.7 Å². The molecule has 0 amide bonds. The Balaban J connectivity index is 2.44. The molecule has 0 aromatic carbocycles. The molecule has 0 bridgehead atoms. The lowest BCUT2D eigenvalue weighted by molar-refractivity contribution is 0.250. The number of aryl methyl sites for hydroxylation is 2. The zero-order chi connectivity index (χ0) is 13.0. The summed E-state index contributed by atoms with van der Waals surface area (Å²) in [6, 6.07) is 0.527. The van der Waals surface area contributed by atoms with Gasteiger partial charge in [0.15, 0.2) is 5.75 Å².